The number of hydrogen-bond acceptors (Lipinski definition) is 3. The van der Waals surface area contributed by atoms with Crippen LogP contribution in [0.5, 0.6) is 5.75 Å². The van der Waals surface area contributed by atoms with Crippen molar-refractivity contribution in [3.63, 3.8) is 0 Å². The number of aliphatic hydroxyl groups is 1. The fraction of sp³-hybridized carbons (Fsp3) is 0.250. The molecule has 0 bridgehead atoms. The van der Waals surface area contributed by atoms with Crippen LogP contribution >= 0.6 is 11.3 Å². The van der Waals surface area contributed by atoms with Gasteiger partial charge in [-0.2, -0.15) is 11.3 Å². The molecule has 140 valence electrons. The lowest BCUT2D eigenvalue weighted by Crippen LogP contribution is -1.98. The Morgan fingerprint density at radius 1 is 1.04 bits per heavy atom. The van der Waals surface area contributed by atoms with Crippen LogP contribution in [0.2, 0.25) is 0 Å². The van der Waals surface area contributed by atoms with Crippen LogP contribution < -0.4 is 4.74 Å². The number of benzene rings is 2. The predicted molar refractivity (Wildman–Crippen MR) is 115 cm³/mol. The van der Waals surface area contributed by atoms with E-state index in [0.717, 1.165) is 24.2 Å². The third-order valence-electron chi connectivity index (χ3n) is 4.73. The van der Waals surface area contributed by atoms with Gasteiger partial charge in [-0.1, -0.05) is 36.4 Å². The Kier molecular flexibility index (Phi) is 6.86. The maximum atomic E-state index is 9.10. The van der Waals surface area contributed by atoms with E-state index in [2.05, 4.69) is 54.9 Å². The maximum Gasteiger partial charge on any atom is 0.119 e. The van der Waals surface area contributed by atoms with Crippen LogP contribution in [0.25, 0.3) is 11.6 Å². The number of thiophene rings is 1. The number of ether oxygens (including phenoxy) is 1. The molecule has 1 aromatic heterocycles. The largest absolute Gasteiger partial charge is 0.494 e. The van der Waals surface area contributed by atoms with E-state index >= 15 is 0 Å². The van der Waals surface area contributed by atoms with Gasteiger partial charge in [0.25, 0.3) is 0 Å². The molecule has 1 heterocycles. The zero-order valence-corrected chi connectivity index (χ0v) is 16.8. The Balaban J connectivity index is 1.63. The van der Waals surface area contributed by atoms with Crippen LogP contribution in [-0.2, 0) is 6.61 Å². The van der Waals surface area contributed by atoms with E-state index in [-0.39, 0.29) is 6.61 Å². The molecule has 0 aliphatic carbocycles. The van der Waals surface area contributed by atoms with Gasteiger partial charge in [0.2, 0.25) is 0 Å². The summed E-state index contributed by atoms with van der Waals surface area (Å²) in [5.41, 5.74) is 7.44. The van der Waals surface area contributed by atoms with Crippen molar-refractivity contribution in [2.45, 2.75) is 33.3 Å². The van der Waals surface area contributed by atoms with Crippen LogP contribution in [-0.4, -0.2) is 11.7 Å². The summed E-state index contributed by atoms with van der Waals surface area (Å²) in [5, 5.41) is 13.4. The highest BCUT2D eigenvalue weighted by Gasteiger charge is 2.05. The summed E-state index contributed by atoms with van der Waals surface area (Å²) >= 11 is 1.73. The van der Waals surface area contributed by atoms with Crippen molar-refractivity contribution in [3.05, 3.63) is 87.1 Å². The topological polar surface area (TPSA) is 29.5 Å². The molecule has 1 N–H and O–H groups in total. The second kappa shape index (κ2) is 9.54. The van der Waals surface area contributed by atoms with Crippen molar-refractivity contribution >= 4 is 23.0 Å². The molecule has 27 heavy (non-hydrogen) atoms. The molecule has 3 heteroatoms. The lowest BCUT2D eigenvalue weighted by atomic mass is 9.99. The predicted octanol–water partition coefficient (Wildman–Crippen LogP) is 6.26. The molecule has 0 saturated heterocycles. The highest BCUT2D eigenvalue weighted by molar-refractivity contribution is 7.08. The summed E-state index contributed by atoms with van der Waals surface area (Å²) in [5.74, 6) is 0.849. The highest BCUT2D eigenvalue weighted by Crippen LogP contribution is 2.26. The van der Waals surface area contributed by atoms with Crippen molar-refractivity contribution in [1.29, 1.82) is 0 Å². The minimum absolute atomic E-state index is 0.0631. The van der Waals surface area contributed by atoms with Crippen molar-refractivity contribution in [2.75, 3.05) is 6.61 Å². The number of aliphatic hydroxyl groups excluding tert-OH is 1. The molecule has 0 spiro atoms. The molecule has 0 fully saturated rings. The summed E-state index contributed by atoms with van der Waals surface area (Å²) in [6.07, 6.45) is 4.22. The van der Waals surface area contributed by atoms with Crippen molar-refractivity contribution in [1.82, 2.24) is 0 Å². The first-order valence-electron chi connectivity index (χ1n) is 9.28. The van der Waals surface area contributed by atoms with Crippen LogP contribution in [0.3, 0.4) is 0 Å². The molecule has 0 unspecified atom stereocenters. The van der Waals surface area contributed by atoms with E-state index in [0.29, 0.717) is 6.61 Å². The van der Waals surface area contributed by atoms with E-state index in [9.17, 15) is 0 Å². The Bertz CT molecular complexity index is 877. The van der Waals surface area contributed by atoms with E-state index in [1.54, 1.807) is 11.3 Å². The van der Waals surface area contributed by atoms with Gasteiger partial charge in [0.1, 0.15) is 5.75 Å². The molecule has 3 rings (SSSR count). The van der Waals surface area contributed by atoms with Gasteiger partial charge in [0.05, 0.1) is 13.2 Å². The van der Waals surface area contributed by atoms with Gasteiger partial charge in [0, 0.05) is 0 Å². The van der Waals surface area contributed by atoms with Gasteiger partial charge in [-0.3, -0.25) is 0 Å². The zero-order valence-electron chi connectivity index (χ0n) is 15.9. The molecule has 2 nitrogen and oxygen atoms in total. The Morgan fingerprint density at radius 3 is 2.52 bits per heavy atom. The van der Waals surface area contributed by atoms with E-state index in [1.165, 1.54) is 27.8 Å². The molecular formula is C24H26O2S. The minimum Gasteiger partial charge on any atom is -0.494 e. The molecule has 2 aromatic carbocycles. The summed E-state index contributed by atoms with van der Waals surface area (Å²) in [4.78, 5) is 0. The third kappa shape index (κ3) is 5.56. The first kappa shape index (κ1) is 19.4. The molecule has 0 saturated carbocycles. The van der Waals surface area contributed by atoms with Crippen LogP contribution in [0, 0.1) is 13.8 Å². The first-order valence-corrected chi connectivity index (χ1v) is 10.2. The summed E-state index contributed by atoms with van der Waals surface area (Å²) in [6, 6.07) is 16.4. The monoisotopic (exact) mass is 378 g/mol. The lowest BCUT2D eigenvalue weighted by molar-refractivity contribution is 0.281. The van der Waals surface area contributed by atoms with Gasteiger partial charge in [0.15, 0.2) is 0 Å². The fourth-order valence-corrected chi connectivity index (χ4v) is 3.63. The van der Waals surface area contributed by atoms with Crippen LogP contribution in [0.4, 0.5) is 0 Å². The normalized spacial score (nSPS) is 11.6. The molecule has 3 aromatic rings. The average molecular weight is 379 g/mol. The quantitative estimate of drug-likeness (QED) is 0.469. The first-order chi connectivity index (χ1) is 13.2. The SMILES string of the molecule is Cc1ccc(/C=C(/CCCOc2ccc(CO)cc2)c2ccsc2)cc1C. The molecule has 0 aliphatic heterocycles. The fourth-order valence-electron chi connectivity index (χ4n) is 2.95. The number of aryl methyl sites for hydroxylation is 2. The molecule has 0 atom stereocenters. The van der Waals surface area contributed by atoms with Crippen LogP contribution in [0.1, 0.15) is 40.7 Å². The van der Waals surface area contributed by atoms with Crippen molar-refractivity contribution in [3.8, 4) is 5.75 Å². The van der Waals surface area contributed by atoms with Gasteiger partial charge in [-0.05, 0) is 89.0 Å². The number of hydrogen-bond donors (Lipinski definition) is 1. The van der Waals surface area contributed by atoms with Gasteiger partial charge in [-0.25, -0.2) is 0 Å². The standard InChI is InChI=1S/C24H26O2S/c1-18-5-6-21(14-19(18)2)15-22(23-11-13-27-17-23)4-3-12-26-24-9-7-20(16-25)8-10-24/h5-11,13-15,17,25H,3-4,12,16H2,1-2H3/b22-15-. The maximum absolute atomic E-state index is 9.10. The highest BCUT2D eigenvalue weighted by atomic mass is 32.1. The Morgan fingerprint density at radius 2 is 1.85 bits per heavy atom. The van der Waals surface area contributed by atoms with E-state index in [1.807, 2.05) is 24.3 Å². The molecule has 0 amide bonds. The van der Waals surface area contributed by atoms with Crippen molar-refractivity contribution < 1.29 is 9.84 Å². The lowest BCUT2D eigenvalue weighted by Gasteiger charge is -2.10. The van der Waals surface area contributed by atoms with Gasteiger partial charge < -0.3 is 9.84 Å². The van der Waals surface area contributed by atoms with E-state index < -0.39 is 0 Å². The van der Waals surface area contributed by atoms with Crippen molar-refractivity contribution in [2.24, 2.45) is 0 Å². The van der Waals surface area contributed by atoms with Gasteiger partial charge >= 0.3 is 0 Å². The smallest absolute Gasteiger partial charge is 0.119 e. The Hall–Kier alpha value is -2.36. The number of rotatable bonds is 8. The Labute approximate surface area is 165 Å². The summed E-state index contributed by atoms with van der Waals surface area (Å²) in [6.45, 7) is 5.04. The second-order valence-corrected chi connectivity index (χ2v) is 7.56. The number of allylic oxidation sites excluding steroid dienone is 1. The van der Waals surface area contributed by atoms with Crippen LogP contribution in [0.15, 0.2) is 59.3 Å². The third-order valence-corrected chi connectivity index (χ3v) is 5.41. The summed E-state index contributed by atoms with van der Waals surface area (Å²) < 4.78 is 5.85. The molecular weight excluding hydrogens is 352 g/mol. The van der Waals surface area contributed by atoms with Gasteiger partial charge in [-0.15, -0.1) is 0 Å². The summed E-state index contributed by atoms with van der Waals surface area (Å²) in [7, 11) is 0. The average Bonchev–Trinajstić information content (AvgIpc) is 3.22. The second-order valence-electron chi connectivity index (χ2n) is 6.78. The zero-order chi connectivity index (χ0) is 19.1. The minimum atomic E-state index is 0.0631. The molecule has 0 radical (unpaired) electrons. The van der Waals surface area contributed by atoms with E-state index in [4.69, 9.17) is 9.84 Å². The molecule has 0 aliphatic rings.